The summed E-state index contributed by atoms with van der Waals surface area (Å²) in [5, 5.41) is 0. The molecule has 3 heteroatoms. The summed E-state index contributed by atoms with van der Waals surface area (Å²) in [5.74, 6) is 1.55. The highest BCUT2D eigenvalue weighted by molar-refractivity contribution is 9.11. The van der Waals surface area contributed by atoms with Crippen LogP contribution in [0.1, 0.15) is 36.6 Å². The lowest BCUT2D eigenvalue weighted by Crippen LogP contribution is -1.99. The molecule has 1 nitrogen and oxygen atoms in total. The predicted molar refractivity (Wildman–Crippen MR) is 81.5 cm³/mol. The average molecular weight is 325 g/mol. The maximum Gasteiger partial charge on any atom is 0.123 e. The van der Waals surface area contributed by atoms with Gasteiger partial charge in [0, 0.05) is 4.88 Å². The van der Waals surface area contributed by atoms with Gasteiger partial charge in [-0.1, -0.05) is 32.0 Å². The first kappa shape index (κ1) is 13.6. The fraction of sp³-hybridized carbons (Fsp3) is 0.333. The standard InChI is InChI=1S/C15H17BrOS/c1-3-11(2)13-6-4-5-7-14(13)17-10-12-8-9-15(16)18-12/h4-9,11H,3,10H2,1-2H3. The normalized spacial score (nSPS) is 12.4. The van der Waals surface area contributed by atoms with E-state index in [1.165, 1.54) is 10.4 Å². The van der Waals surface area contributed by atoms with E-state index in [0.717, 1.165) is 16.0 Å². The molecule has 18 heavy (non-hydrogen) atoms. The Morgan fingerprint density at radius 3 is 2.67 bits per heavy atom. The number of rotatable bonds is 5. The van der Waals surface area contributed by atoms with Crippen molar-refractivity contribution in [2.75, 3.05) is 0 Å². The molecule has 0 aliphatic heterocycles. The summed E-state index contributed by atoms with van der Waals surface area (Å²) in [6.45, 7) is 5.09. The zero-order chi connectivity index (χ0) is 13.0. The Bertz CT molecular complexity index is 507. The third kappa shape index (κ3) is 3.36. The van der Waals surface area contributed by atoms with Gasteiger partial charge in [-0.05, 0) is 52.0 Å². The Morgan fingerprint density at radius 1 is 1.22 bits per heavy atom. The molecule has 0 spiro atoms. The van der Waals surface area contributed by atoms with E-state index >= 15 is 0 Å². The number of benzene rings is 1. The largest absolute Gasteiger partial charge is 0.488 e. The molecule has 0 aliphatic rings. The number of ether oxygens (including phenoxy) is 1. The first-order valence-electron chi connectivity index (χ1n) is 6.16. The molecule has 0 radical (unpaired) electrons. The van der Waals surface area contributed by atoms with Crippen LogP contribution >= 0.6 is 27.3 Å². The van der Waals surface area contributed by atoms with Crippen LogP contribution in [-0.2, 0) is 6.61 Å². The zero-order valence-corrected chi connectivity index (χ0v) is 13.1. The maximum atomic E-state index is 5.95. The van der Waals surface area contributed by atoms with Gasteiger partial charge in [0.05, 0.1) is 3.79 Å². The second kappa shape index (κ2) is 6.39. The Kier molecular flexibility index (Phi) is 4.84. The second-order valence-corrected chi connectivity index (χ2v) is 6.89. The molecule has 1 heterocycles. The van der Waals surface area contributed by atoms with Crippen molar-refractivity contribution in [3.05, 3.63) is 50.6 Å². The molecule has 0 bridgehead atoms. The Labute approximate surface area is 121 Å². The molecule has 96 valence electrons. The summed E-state index contributed by atoms with van der Waals surface area (Å²) in [7, 11) is 0. The molecule has 0 saturated carbocycles. The van der Waals surface area contributed by atoms with Gasteiger partial charge in [0.2, 0.25) is 0 Å². The molecular formula is C15H17BrOS. The summed E-state index contributed by atoms with van der Waals surface area (Å²) >= 11 is 5.19. The van der Waals surface area contributed by atoms with E-state index in [1.807, 2.05) is 6.07 Å². The van der Waals surface area contributed by atoms with Crippen molar-refractivity contribution in [1.29, 1.82) is 0 Å². The van der Waals surface area contributed by atoms with Crippen LogP contribution in [0.15, 0.2) is 40.2 Å². The number of hydrogen-bond donors (Lipinski definition) is 0. The maximum absolute atomic E-state index is 5.95. The minimum absolute atomic E-state index is 0.538. The third-order valence-electron chi connectivity index (χ3n) is 3.06. The van der Waals surface area contributed by atoms with Crippen LogP contribution in [0.2, 0.25) is 0 Å². The SMILES string of the molecule is CCC(C)c1ccccc1OCc1ccc(Br)s1. The van der Waals surface area contributed by atoms with Crippen LogP contribution in [0.5, 0.6) is 5.75 Å². The lowest BCUT2D eigenvalue weighted by Gasteiger charge is -2.15. The van der Waals surface area contributed by atoms with Gasteiger partial charge in [0.15, 0.2) is 0 Å². The second-order valence-electron chi connectivity index (χ2n) is 4.34. The van der Waals surface area contributed by atoms with Crippen LogP contribution in [-0.4, -0.2) is 0 Å². The molecule has 1 aromatic carbocycles. The van der Waals surface area contributed by atoms with E-state index in [9.17, 15) is 0 Å². The van der Waals surface area contributed by atoms with Crippen LogP contribution in [0.4, 0.5) is 0 Å². The van der Waals surface area contributed by atoms with Crippen molar-refractivity contribution >= 4 is 27.3 Å². The van der Waals surface area contributed by atoms with Gasteiger partial charge < -0.3 is 4.74 Å². The van der Waals surface area contributed by atoms with Gasteiger partial charge in [-0.2, -0.15) is 0 Å². The van der Waals surface area contributed by atoms with E-state index in [2.05, 4.69) is 60.1 Å². The first-order chi connectivity index (χ1) is 8.70. The lowest BCUT2D eigenvalue weighted by atomic mass is 9.98. The summed E-state index contributed by atoms with van der Waals surface area (Å²) in [6.07, 6.45) is 1.13. The summed E-state index contributed by atoms with van der Waals surface area (Å²) < 4.78 is 7.10. The van der Waals surface area contributed by atoms with Gasteiger partial charge >= 0.3 is 0 Å². The van der Waals surface area contributed by atoms with Crippen molar-refractivity contribution in [2.24, 2.45) is 0 Å². The van der Waals surface area contributed by atoms with E-state index in [4.69, 9.17) is 4.74 Å². The predicted octanol–water partition coefficient (Wildman–Crippen LogP) is 5.60. The highest BCUT2D eigenvalue weighted by Gasteiger charge is 2.09. The lowest BCUT2D eigenvalue weighted by molar-refractivity contribution is 0.304. The smallest absolute Gasteiger partial charge is 0.123 e. The quantitative estimate of drug-likeness (QED) is 0.695. The Hall–Kier alpha value is -0.800. The van der Waals surface area contributed by atoms with Crippen LogP contribution in [0.3, 0.4) is 0 Å². The molecule has 2 aromatic rings. The van der Waals surface area contributed by atoms with Gasteiger partial charge in [0.1, 0.15) is 12.4 Å². The molecule has 0 saturated heterocycles. The van der Waals surface area contributed by atoms with E-state index in [-0.39, 0.29) is 0 Å². The minimum Gasteiger partial charge on any atom is -0.488 e. The van der Waals surface area contributed by atoms with E-state index in [1.54, 1.807) is 11.3 Å². The number of halogens is 1. The highest BCUT2D eigenvalue weighted by atomic mass is 79.9. The van der Waals surface area contributed by atoms with Gasteiger partial charge in [0.25, 0.3) is 0 Å². The molecule has 2 rings (SSSR count). The molecule has 1 unspecified atom stereocenters. The molecule has 0 aliphatic carbocycles. The highest BCUT2D eigenvalue weighted by Crippen LogP contribution is 2.30. The van der Waals surface area contributed by atoms with Crippen LogP contribution in [0.25, 0.3) is 0 Å². The molecule has 0 fully saturated rings. The monoisotopic (exact) mass is 324 g/mol. The average Bonchev–Trinajstić information content (AvgIpc) is 2.81. The zero-order valence-electron chi connectivity index (χ0n) is 10.7. The van der Waals surface area contributed by atoms with Crippen molar-refractivity contribution < 1.29 is 4.74 Å². The Balaban J connectivity index is 2.09. The molecule has 0 amide bonds. The molecular weight excluding hydrogens is 308 g/mol. The number of thiophene rings is 1. The van der Waals surface area contributed by atoms with Crippen molar-refractivity contribution in [3.8, 4) is 5.75 Å². The fourth-order valence-corrected chi connectivity index (χ4v) is 3.21. The Morgan fingerprint density at radius 2 is 2.00 bits per heavy atom. The summed E-state index contributed by atoms with van der Waals surface area (Å²) in [6, 6.07) is 12.5. The van der Waals surface area contributed by atoms with Crippen LogP contribution < -0.4 is 4.74 Å². The van der Waals surface area contributed by atoms with Gasteiger partial charge in [-0.15, -0.1) is 11.3 Å². The van der Waals surface area contributed by atoms with Gasteiger partial charge in [-0.3, -0.25) is 0 Å². The first-order valence-corrected chi connectivity index (χ1v) is 7.77. The number of para-hydroxylation sites is 1. The molecule has 1 aromatic heterocycles. The van der Waals surface area contributed by atoms with E-state index < -0.39 is 0 Å². The number of hydrogen-bond acceptors (Lipinski definition) is 2. The fourth-order valence-electron chi connectivity index (χ4n) is 1.82. The topological polar surface area (TPSA) is 9.23 Å². The van der Waals surface area contributed by atoms with Crippen molar-refractivity contribution in [2.45, 2.75) is 32.8 Å². The minimum atomic E-state index is 0.538. The van der Waals surface area contributed by atoms with Crippen molar-refractivity contribution in [3.63, 3.8) is 0 Å². The van der Waals surface area contributed by atoms with Crippen molar-refractivity contribution in [1.82, 2.24) is 0 Å². The molecule has 0 N–H and O–H groups in total. The summed E-state index contributed by atoms with van der Waals surface area (Å²) in [4.78, 5) is 1.24. The van der Waals surface area contributed by atoms with Crippen LogP contribution in [0, 0.1) is 0 Å². The molecule has 1 atom stereocenters. The summed E-state index contributed by atoms with van der Waals surface area (Å²) in [5.41, 5.74) is 1.30. The van der Waals surface area contributed by atoms with E-state index in [0.29, 0.717) is 12.5 Å². The third-order valence-corrected chi connectivity index (χ3v) is 4.66. The van der Waals surface area contributed by atoms with Gasteiger partial charge in [-0.25, -0.2) is 0 Å².